The number of halogens is 3. The fourth-order valence-electron chi connectivity index (χ4n) is 1.12. The first-order chi connectivity index (χ1) is 7.09. The molecule has 0 aliphatic heterocycles. The van der Waals surface area contributed by atoms with Crippen molar-refractivity contribution in [1.29, 1.82) is 0 Å². The van der Waals surface area contributed by atoms with Crippen LogP contribution in [0.15, 0.2) is 24.3 Å². The molecule has 1 atom stereocenters. The highest BCUT2D eigenvalue weighted by atomic mass is 19.3. The van der Waals surface area contributed by atoms with E-state index >= 15 is 0 Å². The van der Waals surface area contributed by atoms with Gasteiger partial charge in [0.2, 0.25) is 0 Å². The maximum atomic E-state index is 12.8. The molecule has 1 rings (SSSR count). The lowest BCUT2D eigenvalue weighted by Gasteiger charge is -2.12. The quantitative estimate of drug-likeness (QED) is 0.823. The van der Waals surface area contributed by atoms with Crippen LogP contribution in [0.1, 0.15) is 11.6 Å². The van der Waals surface area contributed by atoms with Crippen molar-refractivity contribution in [2.75, 3.05) is 13.2 Å². The maximum absolute atomic E-state index is 12.8. The first kappa shape index (κ1) is 12.0. The van der Waals surface area contributed by atoms with E-state index in [0.29, 0.717) is 5.56 Å². The van der Waals surface area contributed by atoms with Crippen molar-refractivity contribution in [3.05, 3.63) is 35.6 Å². The minimum Gasteiger partial charge on any atom is -0.374 e. The Morgan fingerprint density at radius 2 is 2.00 bits per heavy atom. The summed E-state index contributed by atoms with van der Waals surface area (Å²) in [5.41, 5.74) is 6.15. The van der Waals surface area contributed by atoms with Gasteiger partial charge in [0.15, 0.2) is 0 Å². The number of hydrogen-bond donors (Lipinski definition) is 1. The molecule has 0 amide bonds. The van der Waals surface area contributed by atoms with Crippen LogP contribution >= 0.6 is 0 Å². The fourth-order valence-corrected chi connectivity index (χ4v) is 1.12. The third-order valence-electron chi connectivity index (χ3n) is 1.82. The van der Waals surface area contributed by atoms with Gasteiger partial charge in [-0.25, -0.2) is 13.2 Å². The van der Waals surface area contributed by atoms with Crippen molar-refractivity contribution >= 4 is 0 Å². The van der Waals surface area contributed by atoms with Crippen molar-refractivity contribution in [3.8, 4) is 0 Å². The Kier molecular flexibility index (Phi) is 4.58. The molecular weight excluding hydrogens is 207 g/mol. The monoisotopic (exact) mass is 219 g/mol. The number of hydrogen-bond acceptors (Lipinski definition) is 2. The summed E-state index contributed by atoms with van der Waals surface area (Å²) in [6.45, 7) is -0.698. The molecule has 0 saturated heterocycles. The molecule has 0 aromatic heterocycles. The fraction of sp³-hybridized carbons (Fsp3) is 0.400. The van der Waals surface area contributed by atoms with Crippen LogP contribution in [0.4, 0.5) is 13.2 Å². The lowest BCUT2D eigenvalue weighted by atomic mass is 10.1. The summed E-state index contributed by atoms with van der Waals surface area (Å²) in [7, 11) is 0. The predicted octanol–water partition coefficient (Wildman–Crippen LogP) is 2.11. The molecule has 2 nitrogen and oxygen atoms in total. The Morgan fingerprint density at radius 3 is 2.60 bits per heavy atom. The van der Waals surface area contributed by atoms with Gasteiger partial charge in [-0.05, 0) is 17.7 Å². The number of nitrogens with two attached hydrogens (primary N) is 1. The van der Waals surface area contributed by atoms with Gasteiger partial charge in [-0.1, -0.05) is 12.1 Å². The molecule has 0 radical (unpaired) electrons. The lowest BCUT2D eigenvalue weighted by Crippen LogP contribution is -2.19. The van der Waals surface area contributed by atoms with Crippen molar-refractivity contribution in [2.24, 2.45) is 5.73 Å². The summed E-state index contributed by atoms with van der Waals surface area (Å²) < 4.78 is 40.9. The zero-order chi connectivity index (χ0) is 11.3. The topological polar surface area (TPSA) is 35.2 Å². The summed E-state index contributed by atoms with van der Waals surface area (Å²) in [5.74, 6) is -0.406. The van der Waals surface area contributed by atoms with E-state index in [4.69, 9.17) is 5.73 Å². The van der Waals surface area contributed by atoms with Gasteiger partial charge in [0.05, 0.1) is 12.6 Å². The molecule has 0 heterocycles. The van der Waals surface area contributed by atoms with Crippen molar-refractivity contribution in [1.82, 2.24) is 0 Å². The Labute approximate surface area is 85.8 Å². The molecule has 2 N–H and O–H groups in total. The Hall–Kier alpha value is -1.07. The molecule has 1 aromatic carbocycles. The summed E-state index contributed by atoms with van der Waals surface area (Å²) in [5, 5.41) is 0. The van der Waals surface area contributed by atoms with E-state index in [1.54, 1.807) is 6.07 Å². The van der Waals surface area contributed by atoms with E-state index < -0.39 is 24.9 Å². The van der Waals surface area contributed by atoms with E-state index in [1.807, 2.05) is 0 Å². The van der Waals surface area contributed by atoms with Crippen LogP contribution in [-0.4, -0.2) is 19.6 Å². The minimum absolute atomic E-state index is 0.0478. The Bertz CT molecular complexity index is 306. The Morgan fingerprint density at radius 1 is 1.27 bits per heavy atom. The lowest BCUT2D eigenvalue weighted by molar-refractivity contribution is 0.0125. The second-order valence-electron chi connectivity index (χ2n) is 3.09. The number of benzene rings is 1. The molecule has 0 fully saturated rings. The number of ether oxygens (including phenoxy) is 1. The minimum atomic E-state index is -2.51. The zero-order valence-corrected chi connectivity index (χ0v) is 8.00. The summed E-state index contributed by atoms with van der Waals surface area (Å²) in [6.07, 6.45) is -2.51. The molecule has 0 bridgehead atoms. The SMILES string of the molecule is NC(COCC(F)F)c1cccc(F)c1. The molecule has 5 heteroatoms. The molecule has 15 heavy (non-hydrogen) atoms. The smallest absolute Gasteiger partial charge is 0.261 e. The van der Waals surface area contributed by atoms with Gasteiger partial charge < -0.3 is 10.5 Å². The zero-order valence-electron chi connectivity index (χ0n) is 8.00. The third kappa shape index (κ3) is 4.31. The average Bonchev–Trinajstić information content (AvgIpc) is 2.17. The van der Waals surface area contributed by atoms with Crippen molar-refractivity contribution in [2.45, 2.75) is 12.5 Å². The highest BCUT2D eigenvalue weighted by Gasteiger charge is 2.09. The van der Waals surface area contributed by atoms with E-state index in [9.17, 15) is 13.2 Å². The van der Waals surface area contributed by atoms with E-state index in [1.165, 1.54) is 18.2 Å². The van der Waals surface area contributed by atoms with Gasteiger partial charge >= 0.3 is 0 Å². The Balaban J connectivity index is 2.43. The predicted molar refractivity (Wildman–Crippen MR) is 50.2 cm³/mol. The third-order valence-corrected chi connectivity index (χ3v) is 1.82. The molecule has 1 unspecified atom stereocenters. The number of alkyl halides is 2. The molecule has 0 spiro atoms. The summed E-state index contributed by atoms with van der Waals surface area (Å²) in [6, 6.07) is 5.10. The van der Waals surface area contributed by atoms with Crippen LogP contribution in [0.25, 0.3) is 0 Å². The average molecular weight is 219 g/mol. The van der Waals surface area contributed by atoms with Gasteiger partial charge in [-0.3, -0.25) is 0 Å². The van der Waals surface area contributed by atoms with Crippen LogP contribution in [0.3, 0.4) is 0 Å². The second kappa shape index (κ2) is 5.72. The van der Waals surface area contributed by atoms with Gasteiger partial charge in [0, 0.05) is 0 Å². The van der Waals surface area contributed by atoms with Gasteiger partial charge in [-0.15, -0.1) is 0 Å². The van der Waals surface area contributed by atoms with E-state index in [0.717, 1.165) is 0 Å². The summed E-state index contributed by atoms with van der Waals surface area (Å²) >= 11 is 0. The van der Waals surface area contributed by atoms with Gasteiger partial charge in [0.1, 0.15) is 12.4 Å². The van der Waals surface area contributed by atoms with Crippen LogP contribution in [0, 0.1) is 5.82 Å². The normalized spacial score (nSPS) is 13.1. The first-order valence-corrected chi connectivity index (χ1v) is 4.46. The standard InChI is InChI=1S/C10H12F3NO/c11-8-3-1-2-7(4-8)9(14)5-15-6-10(12)13/h1-4,9-10H,5-6,14H2. The van der Waals surface area contributed by atoms with E-state index in [-0.39, 0.29) is 6.61 Å². The second-order valence-corrected chi connectivity index (χ2v) is 3.09. The number of rotatable bonds is 5. The highest BCUT2D eigenvalue weighted by molar-refractivity contribution is 5.19. The molecule has 1 aromatic rings. The molecule has 84 valence electrons. The van der Waals surface area contributed by atoms with Crippen molar-refractivity contribution in [3.63, 3.8) is 0 Å². The molecule has 0 aliphatic rings. The van der Waals surface area contributed by atoms with Gasteiger partial charge in [0.25, 0.3) is 6.43 Å². The summed E-state index contributed by atoms with van der Waals surface area (Å²) in [4.78, 5) is 0. The van der Waals surface area contributed by atoms with Crippen LogP contribution in [-0.2, 0) is 4.74 Å². The molecular formula is C10H12F3NO. The highest BCUT2D eigenvalue weighted by Crippen LogP contribution is 2.12. The largest absolute Gasteiger partial charge is 0.374 e. The first-order valence-electron chi connectivity index (χ1n) is 4.46. The molecule has 0 aliphatic carbocycles. The van der Waals surface area contributed by atoms with Crippen LogP contribution in [0.2, 0.25) is 0 Å². The maximum Gasteiger partial charge on any atom is 0.261 e. The van der Waals surface area contributed by atoms with Crippen LogP contribution in [0.5, 0.6) is 0 Å². The van der Waals surface area contributed by atoms with Crippen LogP contribution < -0.4 is 5.73 Å². The van der Waals surface area contributed by atoms with E-state index in [2.05, 4.69) is 4.74 Å². The molecule has 0 saturated carbocycles. The van der Waals surface area contributed by atoms with Crippen molar-refractivity contribution < 1.29 is 17.9 Å². The van der Waals surface area contributed by atoms with Gasteiger partial charge in [-0.2, -0.15) is 0 Å².